The Morgan fingerprint density at radius 3 is 2.42 bits per heavy atom. The molecule has 100 valence electrons. The van der Waals surface area contributed by atoms with Crippen molar-refractivity contribution in [3.63, 3.8) is 0 Å². The lowest BCUT2D eigenvalue weighted by atomic mass is 10.0. The normalized spacial score (nSPS) is 12.7. The first-order chi connectivity index (χ1) is 8.95. The Morgan fingerprint density at radius 1 is 1.26 bits per heavy atom. The van der Waals surface area contributed by atoms with Crippen LogP contribution in [0.3, 0.4) is 0 Å². The molecule has 1 aromatic carbocycles. The van der Waals surface area contributed by atoms with Crippen LogP contribution in [0.15, 0.2) is 40.0 Å². The second-order valence-corrected chi connectivity index (χ2v) is 3.78. The van der Waals surface area contributed by atoms with Crippen LogP contribution < -0.4 is 0 Å². The van der Waals surface area contributed by atoms with E-state index in [2.05, 4.69) is 10.3 Å². The maximum atomic E-state index is 13.1. The highest BCUT2D eigenvalue weighted by atomic mass is 19.4. The van der Waals surface area contributed by atoms with E-state index in [-0.39, 0.29) is 11.3 Å². The number of aromatic nitrogens is 1. The maximum Gasteiger partial charge on any atom is 0.422 e. The minimum absolute atomic E-state index is 0.249. The van der Waals surface area contributed by atoms with Gasteiger partial charge in [0.1, 0.15) is 17.0 Å². The van der Waals surface area contributed by atoms with Gasteiger partial charge >= 0.3 is 6.18 Å². The van der Waals surface area contributed by atoms with E-state index < -0.39 is 23.2 Å². The molecule has 0 amide bonds. The molecule has 0 aliphatic carbocycles. The van der Waals surface area contributed by atoms with E-state index in [1.807, 2.05) is 0 Å². The van der Waals surface area contributed by atoms with Crippen molar-refractivity contribution in [3.05, 3.63) is 41.6 Å². The summed E-state index contributed by atoms with van der Waals surface area (Å²) in [7, 11) is 0. The fourth-order valence-electron chi connectivity index (χ4n) is 1.63. The molecule has 0 saturated carbocycles. The van der Waals surface area contributed by atoms with Crippen LogP contribution in [-0.2, 0) is 6.18 Å². The Hall–Kier alpha value is -2.31. The minimum Gasteiger partial charge on any atom is -0.411 e. The van der Waals surface area contributed by atoms with Crippen LogP contribution >= 0.6 is 0 Å². The zero-order chi connectivity index (χ0) is 14.0. The topological polar surface area (TPSA) is 58.6 Å². The Kier molecular flexibility index (Phi) is 3.28. The summed E-state index contributed by atoms with van der Waals surface area (Å²) in [6, 6.07) is 7.81. The zero-order valence-electron chi connectivity index (χ0n) is 9.77. The van der Waals surface area contributed by atoms with Gasteiger partial charge in [-0.15, -0.1) is 0 Å². The molecule has 0 aliphatic rings. The standard InChI is InChI=1S/C12H9F3N2O2/c1-7(16-18)10-9(12(13,14)15)11(19-17-10)8-5-3-2-4-6-8/h2-6,18H,1H3/b16-7+. The molecule has 1 N–H and O–H groups in total. The van der Waals surface area contributed by atoms with Gasteiger partial charge in [-0.1, -0.05) is 40.6 Å². The van der Waals surface area contributed by atoms with E-state index in [9.17, 15) is 13.2 Å². The van der Waals surface area contributed by atoms with Crippen molar-refractivity contribution in [2.75, 3.05) is 0 Å². The van der Waals surface area contributed by atoms with Gasteiger partial charge in [-0.05, 0) is 6.92 Å². The molecule has 4 nitrogen and oxygen atoms in total. The van der Waals surface area contributed by atoms with Crippen LogP contribution in [0.5, 0.6) is 0 Å². The third kappa shape index (κ3) is 2.44. The molecular formula is C12H9F3N2O2. The molecular weight excluding hydrogens is 261 g/mol. The van der Waals surface area contributed by atoms with Crippen LogP contribution in [0.4, 0.5) is 13.2 Å². The van der Waals surface area contributed by atoms with Gasteiger partial charge in [0.25, 0.3) is 0 Å². The van der Waals surface area contributed by atoms with Gasteiger partial charge in [-0.2, -0.15) is 13.2 Å². The monoisotopic (exact) mass is 270 g/mol. The van der Waals surface area contributed by atoms with E-state index in [0.29, 0.717) is 0 Å². The molecule has 2 rings (SSSR count). The number of hydrogen-bond donors (Lipinski definition) is 1. The molecule has 0 aliphatic heterocycles. The third-order valence-electron chi connectivity index (χ3n) is 2.50. The quantitative estimate of drug-likeness (QED) is 0.515. The molecule has 0 atom stereocenters. The lowest BCUT2D eigenvalue weighted by molar-refractivity contribution is -0.137. The lowest BCUT2D eigenvalue weighted by Gasteiger charge is -2.07. The van der Waals surface area contributed by atoms with Crippen molar-refractivity contribution in [3.8, 4) is 11.3 Å². The van der Waals surface area contributed by atoms with E-state index in [1.165, 1.54) is 19.1 Å². The molecule has 0 unspecified atom stereocenters. The summed E-state index contributed by atoms with van der Waals surface area (Å²) in [4.78, 5) is 0. The first-order valence-electron chi connectivity index (χ1n) is 5.26. The van der Waals surface area contributed by atoms with Crippen LogP contribution in [0.25, 0.3) is 11.3 Å². The summed E-state index contributed by atoms with van der Waals surface area (Å²) in [5, 5.41) is 14.7. The van der Waals surface area contributed by atoms with Crippen LogP contribution in [0.1, 0.15) is 18.2 Å². The van der Waals surface area contributed by atoms with E-state index in [4.69, 9.17) is 9.73 Å². The lowest BCUT2D eigenvalue weighted by Crippen LogP contribution is -2.11. The number of benzene rings is 1. The van der Waals surface area contributed by atoms with Crippen LogP contribution in [-0.4, -0.2) is 16.1 Å². The molecule has 7 heteroatoms. The van der Waals surface area contributed by atoms with Crippen molar-refractivity contribution in [2.45, 2.75) is 13.1 Å². The smallest absolute Gasteiger partial charge is 0.411 e. The van der Waals surface area contributed by atoms with Gasteiger partial charge in [-0.25, -0.2) is 0 Å². The van der Waals surface area contributed by atoms with Crippen molar-refractivity contribution in [1.82, 2.24) is 5.16 Å². The summed E-state index contributed by atoms with van der Waals surface area (Å²) in [5.74, 6) is -0.397. The molecule has 1 aromatic heterocycles. The Bertz CT molecular complexity index is 603. The van der Waals surface area contributed by atoms with Crippen molar-refractivity contribution >= 4 is 5.71 Å². The second-order valence-electron chi connectivity index (χ2n) is 3.78. The van der Waals surface area contributed by atoms with E-state index >= 15 is 0 Å². The first kappa shape index (κ1) is 13.1. The fourth-order valence-corrected chi connectivity index (χ4v) is 1.63. The van der Waals surface area contributed by atoms with Crippen molar-refractivity contribution < 1.29 is 22.9 Å². The van der Waals surface area contributed by atoms with Crippen molar-refractivity contribution in [1.29, 1.82) is 0 Å². The van der Waals surface area contributed by atoms with E-state index in [1.54, 1.807) is 18.2 Å². The van der Waals surface area contributed by atoms with Gasteiger partial charge in [-0.3, -0.25) is 0 Å². The van der Waals surface area contributed by atoms with Gasteiger partial charge in [0.15, 0.2) is 5.76 Å². The molecule has 1 heterocycles. The number of rotatable bonds is 2. The fraction of sp³-hybridized carbons (Fsp3) is 0.167. The van der Waals surface area contributed by atoms with Gasteiger partial charge in [0, 0.05) is 5.56 Å². The Morgan fingerprint density at radius 2 is 1.89 bits per heavy atom. The molecule has 2 aromatic rings. The summed E-state index contributed by atoms with van der Waals surface area (Å²) in [6.45, 7) is 1.21. The summed E-state index contributed by atoms with van der Waals surface area (Å²) in [6.07, 6.45) is -4.66. The second kappa shape index (κ2) is 4.75. The predicted octanol–water partition coefficient (Wildman–Crippen LogP) is 3.56. The SMILES string of the molecule is C/C(=N\O)c1noc(-c2ccccc2)c1C(F)(F)F. The third-order valence-corrected chi connectivity index (χ3v) is 2.50. The Labute approximate surface area is 106 Å². The highest BCUT2D eigenvalue weighted by Gasteiger charge is 2.41. The summed E-state index contributed by atoms with van der Waals surface area (Å²) < 4.78 is 44.0. The molecule has 0 radical (unpaired) electrons. The molecule has 0 bridgehead atoms. The number of oxime groups is 1. The average molecular weight is 270 g/mol. The van der Waals surface area contributed by atoms with E-state index in [0.717, 1.165) is 0 Å². The highest BCUT2D eigenvalue weighted by molar-refractivity contribution is 5.99. The van der Waals surface area contributed by atoms with Gasteiger partial charge in [0.05, 0.1) is 0 Å². The summed E-state index contributed by atoms with van der Waals surface area (Å²) >= 11 is 0. The zero-order valence-corrected chi connectivity index (χ0v) is 9.77. The number of nitrogens with zero attached hydrogens (tertiary/aromatic N) is 2. The summed E-state index contributed by atoms with van der Waals surface area (Å²) in [5.41, 5.74) is -1.58. The molecule has 19 heavy (non-hydrogen) atoms. The number of alkyl halides is 3. The molecule has 0 saturated heterocycles. The van der Waals surface area contributed by atoms with Gasteiger partial charge < -0.3 is 9.73 Å². The largest absolute Gasteiger partial charge is 0.422 e. The maximum absolute atomic E-state index is 13.1. The average Bonchev–Trinajstić information content (AvgIpc) is 2.83. The predicted molar refractivity (Wildman–Crippen MR) is 60.9 cm³/mol. The molecule has 0 fully saturated rings. The van der Waals surface area contributed by atoms with Crippen LogP contribution in [0, 0.1) is 0 Å². The highest BCUT2D eigenvalue weighted by Crippen LogP contribution is 2.39. The number of halogens is 3. The van der Waals surface area contributed by atoms with Gasteiger partial charge in [0.2, 0.25) is 0 Å². The Balaban J connectivity index is 2.67. The van der Waals surface area contributed by atoms with Crippen LogP contribution in [0.2, 0.25) is 0 Å². The molecule has 0 spiro atoms. The van der Waals surface area contributed by atoms with Crippen molar-refractivity contribution in [2.24, 2.45) is 5.16 Å². The first-order valence-corrected chi connectivity index (χ1v) is 5.26. The minimum atomic E-state index is -4.66. The number of hydrogen-bond acceptors (Lipinski definition) is 4.